The first kappa shape index (κ1) is 23.8. The van der Waals surface area contributed by atoms with Gasteiger partial charge >= 0.3 is 0 Å². The van der Waals surface area contributed by atoms with Crippen LogP contribution < -0.4 is 19.7 Å². The number of nitrogens with one attached hydrogen (secondary N) is 1. The van der Waals surface area contributed by atoms with Gasteiger partial charge < -0.3 is 18.9 Å². The number of carbonyl (C=O) groups is 1. The van der Waals surface area contributed by atoms with E-state index in [1.54, 1.807) is 19.2 Å². The number of amides is 1. The fraction of sp³-hybridized carbons (Fsp3) is 0.409. The summed E-state index contributed by atoms with van der Waals surface area (Å²) in [4.78, 5) is 12.3. The van der Waals surface area contributed by atoms with Crippen molar-refractivity contribution in [2.45, 2.75) is 28.9 Å². The fourth-order valence-corrected chi connectivity index (χ4v) is 5.41. The Labute approximate surface area is 187 Å². The normalized spacial score (nSPS) is 15.6. The SMILES string of the molecule is COc1ccc(OCCCOc2ccc(S(=O)(=O)C3(C(=O)NO)CCOCC3)cc2)cc1. The number of hydrogen-bond donors (Lipinski definition) is 2. The van der Waals surface area contributed by atoms with Crippen LogP contribution in [0.25, 0.3) is 0 Å². The molecular formula is C22H27NO8S. The van der Waals surface area contributed by atoms with Crippen molar-refractivity contribution in [3.8, 4) is 17.2 Å². The number of hydroxylamine groups is 1. The highest BCUT2D eigenvalue weighted by Gasteiger charge is 2.52. The number of benzene rings is 2. The molecule has 2 aromatic carbocycles. The van der Waals surface area contributed by atoms with Crippen LogP contribution in [0.5, 0.6) is 17.2 Å². The van der Waals surface area contributed by atoms with Crippen molar-refractivity contribution in [3.05, 3.63) is 48.5 Å². The monoisotopic (exact) mass is 465 g/mol. The number of carbonyl (C=O) groups excluding carboxylic acids is 1. The molecule has 1 aliphatic rings. The lowest BCUT2D eigenvalue weighted by atomic mass is 9.98. The maximum atomic E-state index is 13.2. The molecule has 1 aliphatic heterocycles. The van der Waals surface area contributed by atoms with Crippen LogP contribution in [0.15, 0.2) is 53.4 Å². The van der Waals surface area contributed by atoms with Gasteiger partial charge in [-0.2, -0.15) is 0 Å². The van der Waals surface area contributed by atoms with Gasteiger partial charge in [0.2, 0.25) is 0 Å². The van der Waals surface area contributed by atoms with Crippen LogP contribution in [-0.4, -0.2) is 57.8 Å². The van der Waals surface area contributed by atoms with Gasteiger partial charge in [0.1, 0.15) is 17.2 Å². The number of rotatable bonds is 10. The lowest BCUT2D eigenvalue weighted by Crippen LogP contribution is -2.54. The average Bonchev–Trinajstić information content (AvgIpc) is 2.84. The molecule has 1 fully saturated rings. The topological polar surface area (TPSA) is 120 Å². The minimum atomic E-state index is -4.05. The quantitative estimate of drug-likeness (QED) is 0.312. The van der Waals surface area contributed by atoms with E-state index in [1.807, 2.05) is 24.3 Å². The Bertz CT molecular complexity index is 984. The van der Waals surface area contributed by atoms with Crippen molar-refractivity contribution < 1.29 is 37.4 Å². The minimum absolute atomic E-state index is 0.0156. The van der Waals surface area contributed by atoms with Crippen molar-refractivity contribution in [1.82, 2.24) is 5.48 Å². The molecule has 0 aromatic heterocycles. The van der Waals surface area contributed by atoms with Crippen LogP contribution in [-0.2, 0) is 19.4 Å². The van der Waals surface area contributed by atoms with Gasteiger partial charge in [0, 0.05) is 19.6 Å². The van der Waals surface area contributed by atoms with Gasteiger partial charge in [0.05, 0.1) is 25.2 Å². The van der Waals surface area contributed by atoms with Gasteiger partial charge in [0.25, 0.3) is 5.91 Å². The van der Waals surface area contributed by atoms with Gasteiger partial charge in [-0.3, -0.25) is 10.0 Å². The Balaban J connectivity index is 1.55. The zero-order chi connectivity index (χ0) is 23.0. The highest BCUT2D eigenvalue weighted by atomic mass is 32.2. The summed E-state index contributed by atoms with van der Waals surface area (Å²) in [5.74, 6) is 1.04. The molecule has 9 nitrogen and oxygen atoms in total. The summed E-state index contributed by atoms with van der Waals surface area (Å²) in [6, 6.07) is 13.2. The van der Waals surface area contributed by atoms with E-state index in [2.05, 4.69) is 0 Å². The Hall–Kier alpha value is -2.82. The predicted octanol–water partition coefficient (Wildman–Crippen LogP) is 2.37. The van der Waals surface area contributed by atoms with Gasteiger partial charge in [0.15, 0.2) is 14.6 Å². The smallest absolute Gasteiger partial charge is 0.265 e. The third kappa shape index (κ3) is 5.14. The summed E-state index contributed by atoms with van der Waals surface area (Å²) < 4.78 is 46.2. The number of methoxy groups -OCH3 is 1. The van der Waals surface area contributed by atoms with E-state index in [0.29, 0.717) is 25.4 Å². The zero-order valence-electron chi connectivity index (χ0n) is 17.8. The molecule has 2 N–H and O–H groups in total. The van der Waals surface area contributed by atoms with Crippen LogP contribution in [0, 0.1) is 0 Å². The van der Waals surface area contributed by atoms with Crippen molar-refractivity contribution in [3.63, 3.8) is 0 Å². The maximum Gasteiger partial charge on any atom is 0.265 e. The van der Waals surface area contributed by atoms with E-state index >= 15 is 0 Å². The second-order valence-electron chi connectivity index (χ2n) is 7.25. The third-order valence-corrected chi connectivity index (χ3v) is 7.87. The van der Waals surface area contributed by atoms with E-state index < -0.39 is 20.5 Å². The van der Waals surface area contributed by atoms with Gasteiger partial charge in [-0.15, -0.1) is 0 Å². The van der Waals surface area contributed by atoms with E-state index in [-0.39, 0.29) is 31.0 Å². The molecule has 0 atom stereocenters. The first-order chi connectivity index (χ1) is 15.4. The second-order valence-corrected chi connectivity index (χ2v) is 9.51. The molecule has 0 unspecified atom stereocenters. The molecule has 1 heterocycles. The lowest BCUT2D eigenvalue weighted by Gasteiger charge is -2.34. The van der Waals surface area contributed by atoms with Crippen molar-refractivity contribution in [1.29, 1.82) is 0 Å². The minimum Gasteiger partial charge on any atom is -0.497 e. The van der Waals surface area contributed by atoms with Crippen molar-refractivity contribution in [2.24, 2.45) is 0 Å². The summed E-state index contributed by atoms with van der Waals surface area (Å²) in [5.41, 5.74) is 1.50. The average molecular weight is 466 g/mol. The van der Waals surface area contributed by atoms with E-state index in [4.69, 9.17) is 24.2 Å². The van der Waals surface area contributed by atoms with Crippen LogP contribution in [0.1, 0.15) is 19.3 Å². The first-order valence-electron chi connectivity index (χ1n) is 10.2. The zero-order valence-corrected chi connectivity index (χ0v) is 18.6. The van der Waals surface area contributed by atoms with Crippen LogP contribution >= 0.6 is 0 Å². The summed E-state index contributed by atoms with van der Waals surface area (Å²) in [6.45, 7) is 1.08. The van der Waals surface area contributed by atoms with E-state index in [9.17, 15) is 13.2 Å². The molecule has 1 saturated heterocycles. The maximum absolute atomic E-state index is 13.2. The number of hydrogen-bond acceptors (Lipinski definition) is 8. The predicted molar refractivity (Wildman–Crippen MR) is 115 cm³/mol. The first-order valence-corrected chi connectivity index (χ1v) is 11.7. The molecule has 0 aliphatic carbocycles. The Morgan fingerprint density at radius 3 is 1.97 bits per heavy atom. The molecule has 0 spiro atoms. The molecule has 10 heteroatoms. The standard InChI is InChI=1S/C22H27NO8S/c1-28-17-3-5-18(6-4-17)30-13-2-14-31-19-7-9-20(10-8-19)32(26,27)22(21(24)23-25)11-15-29-16-12-22/h3-10,25H,2,11-16H2,1H3,(H,23,24). The third-order valence-electron chi connectivity index (χ3n) is 5.35. The van der Waals surface area contributed by atoms with Crippen LogP contribution in [0.3, 0.4) is 0 Å². The Kier molecular flexibility index (Phi) is 7.94. The Morgan fingerprint density at radius 1 is 0.969 bits per heavy atom. The second kappa shape index (κ2) is 10.7. The molecule has 1 amide bonds. The van der Waals surface area contributed by atoms with E-state index in [0.717, 1.165) is 11.5 Å². The molecular weight excluding hydrogens is 438 g/mol. The van der Waals surface area contributed by atoms with Gasteiger partial charge in [-0.1, -0.05) is 0 Å². The number of ether oxygens (including phenoxy) is 4. The molecule has 174 valence electrons. The molecule has 32 heavy (non-hydrogen) atoms. The highest BCUT2D eigenvalue weighted by Crippen LogP contribution is 2.35. The van der Waals surface area contributed by atoms with E-state index in [1.165, 1.54) is 17.6 Å². The van der Waals surface area contributed by atoms with Crippen LogP contribution in [0.4, 0.5) is 0 Å². The summed E-state index contributed by atoms with van der Waals surface area (Å²) in [6.07, 6.45) is 0.564. The summed E-state index contributed by atoms with van der Waals surface area (Å²) >= 11 is 0. The molecule has 0 bridgehead atoms. The largest absolute Gasteiger partial charge is 0.497 e. The number of sulfone groups is 1. The molecule has 3 rings (SSSR count). The molecule has 0 saturated carbocycles. The van der Waals surface area contributed by atoms with Crippen molar-refractivity contribution in [2.75, 3.05) is 33.5 Å². The molecule has 0 radical (unpaired) electrons. The van der Waals surface area contributed by atoms with Gasteiger partial charge in [-0.05, 0) is 61.4 Å². The van der Waals surface area contributed by atoms with Gasteiger partial charge in [-0.25, -0.2) is 13.9 Å². The van der Waals surface area contributed by atoms with Crippen LogP contribution in [0.2, 0.25) is 0 Å². The highest BCUT2D eigenvalue weighted by molar-refractivity contribution is 7.93. The summed E-state index contributed by atoms with van der Waals surface area (Å²) in [5, 5.41) is 9.10. The molecule has 2 aromatic rings. The summed E-state index contributed by atoms with van der Waals surface area (Å²) in [7, 11) is -2.45. The fourth-order valence-electron chi connectivity index (χ4n) is 3.47. The van der Waals surface area contributed by atoms with Crippen molar-refractivity contribution >= 4 is 15.7 Å². The lowest BCUT2D eigenvalue weighted by molar-refractivity contribution is -0.134. The Morgan fingerprint density at radius 2 is 1.47 bits per heavy atom.